The number of carbonyl (C=O) groups is 1. The molecular weight excluding hydrogens is 532 g/mol. The number of halogens is 1. The molecule has 0 bridgehead atoms. The number of aromatic nitrogens is 1. The molecule has 1 aliphatic heterocycles. The highest BCUT2D eigenvalue weighted by molar-refractivity contribution is 7.89. The SMILES string of the molecule is CCOc1ccc2nc(N(CCN(C)C)C(=O)c3ccc(S(=O)(=O)N4CCCCCC4)cc3)sc2c1.Cl. The fraction of sp³-hybridized carbons (Fsp3) is 0.462. The van der Waals surface area contributed by atoms with Gasteiger partial charge in [-0.25, -0.2) is 13.4 Å². The topological polar surface area (TPSA) is 83.0 Å². The van der Waals surface area contributed by atoms with Crippen LogP contribution in [-0.2, 0) is 10.0 Å². The van der Waals surface area contributed by atoms with Crippen molar-refractivity contribution in [1.82, 2.24) is 14.2 Å². The number of carbonyl (C=O) groups excluding carboxylic acids is 1. The number of ether oxygens (including phenoxy) is 1. The Morgan fingerprint density at radius 2 is 1.70 bits per heavy atom. The van der Waals surface area contributed by atoms with Crippen molar-refractivity contribution in [2.75, 3.05) is 51.8 Å². The molecule has 37 heavy (non-hydrogen) atoms. The number of fused-ring (bicyclic) bond motifs is 1. The summed E-state index contributed by atoms with van der Waals surface area (Å²) in [5, 5.41) is 0.603. The first-order valence-electron chi connectivity index (χ1n) is 12.4. The molecule has 1 fully saturated rings. The first-order valence-corrected chi connectivity index (χ1v) is 14.7. The molecule has 0 saturated carbocycles. The van der Waals surface area contributed by atoms with Crippen molar-refractivity contribution >= 4 is 55.0 Å². The van der Waals surface area contributed by atoms with Gasteiger partial charge in [0.1, 0.15) is 5.75 Å². The van der Waals surface area contributed by atoms with Gasteiger partial charge in [-0.2, -0.15) is 4.31 Å². The molecule has 4 rings (SSSR count). The van der Waals surface area contributed by atoms with Gasteiger partial charge in [0.15, 0.2) is 5.13 Å². The number of thiazole rings is 1. The molecule has 0 aliphatic carbocycles. The smallest absolute Gasteiger partial charge is 0.260 e. The van der Waals surface area contributed by atoms with Gasteiger partial charge < -0.3 is 9.64 Å². The highest BCUT2D eigenvalue weighted by Crippen LogP contribution is 2.32. The summed E-state index contributed by atoms with van der Waals surface area (Å²) in [7, 11) is 0.344. The molecule has 0 N–H and O–H groups in total. The quantitative estimate of drug-likeness (QED) is 0.367. The molecule has 1 aliphatic rings. The molecule has 8 nitrogen and oxygen atoms in total. The summed E-state index contributed by atoms with van der Waals surface area (Å²) in [5.41, 5.74) is 1.23. The van der Waals surface area contributed by atoms with Gasteiger partial charge >= 0.3 is 0 Å². The maximum Gasteiger partial charge on any atom is 0.260 e. The average molecular weight is 567 g/mol. The monoisotopic (exact) mass is 566 g/mol. The van der Waals surface area contributed by atoms with E-state index in [9.17, 15) is 13.2 Å². The van der Waals surface area contributed by atoms with E-state index in [-0.39, 0.29) is 23.2 Å². The van der Waals surface area contributed by atoms with Crippen LogP contribution in [0.25, 0.3) is 10.2 Å². The fourth-order valence-electron chi connectivity index (χ4n) is 4.21. The molecule has 0 radical (unpaired) electrons. The molecule has 0 atom stereocenters. The molecule has 2 aromatic carbocycles. The zero-order valence-corrected chi connectivity index (χ0v) is 24.0. The fourth-order valence-corrected chi connectivity index (χ4v) is 6.74. The third-order valence-corrected chi connectivity index (χ3v) is 9.16. The van der Waals surface area contributed by atoms with Crippen molar-refractivity contribution < 1.29 is 17.9 Å². The van der Waals surface area contributed by atoms with Crippen molar-refractivity contribution in [2.24, 2.45) is 0 Å². The summed E-state index contributed by atoms with van der Waals surface area (Å²) in [5.74, 6) is 0.562. The Morgan fingerprint density at radius 1 is 1.03 bits per heavy atom. The lowest BCUT2D eigenvalue weighted by Gasteiger charge is -2.22. The van der Waals surface area contributed by atoms with Crippen LogP contribution >= 0.6 is 23.7 Å². The van der Waals surface area contributed by atoms with Crippen LogP contribution in [-0.4, -0.2) is 75.4 Å². The van der Waals surface area contributed by atoms with Crippen LogP contribution in [0.4, 0.5) is 5.13 Å². The Balaban J connectivity index is 0.00000380. The lowest BCUT2D eigenvalue weighted by molar-refractivity contribution is 0.0985. The van der Waals surface area contributed by atoms with Crippen molar-refractivity contribution in [2.45, 2.75) is 37.5 Å². The van der Waals surface area contributed by atoms with Gasteiger partial charge in [-0.05, 0) is 76.3 Å². The predicted molar refractivity (Wildman–Crippen MR) is 152 cm³/mol. The second-order valence-electron chi connectivity index (χ2n) is 9.16. The summed E-state index contributed by atoms with van der Waals surface area (Å²) < 4.78 is 34.4. The van der Waals surface area contributed by atoms with Crippen LogP contribution in [0.3, 0.4) is 0 Å². The zero-order chi connectivity index (χ0) is 25.7. The van der Waals surface area contributed by atoms with Gasteiger partial charge in [0.2, 0.25) is 10.0 Å². The molecule has 11 heteroatoms. The van der Waals surface area contributed by atoms with Gasteiger partial charge in [-0.3, -0.25) is 9.69 Å². The van der Waals surface area contributed by atoms with Crippen molar-refractivity contribution in [3.8, 4) is 5.75 Å². The standard InChI is InChI=1S/C26H34N4O4S2.ClH/c1-4-34-21-11-14-23-24(19-21)35-26(27-23)30(18-17-28(2)3)25(31)20-9-12-22(13-10-20)36(32,33)29-15-7-5-6-8-16-29;/h9-14,19H,4-8,15-18H2,1-3H3;1H. The maximum absolute atomic E-state index is 13.6. The number of anilines is 1. The van der Waals surface area contributed by atoms with E-state index in [4.69, 9.17) is 9.72 Å². The molecule has 1 amide bonds. The Labute approximate surface area is 229 Å². The van der Waals surface area contributed by atoms with E-state index in [1.165, 1.54) is 11.3 Å². The number of rotatable bonds is 9. The van der Waals surface area contributed by atoms with Crippen LogP contribution in [0, 0.1) is 0 Å². The molecule has 1 aromatic heterocycles. The number of hydrogen-bond acceptors (Lipinski definition) is 7. The lowest BCUT2D eigenvalue weighted by atomic mass is 10.2. The summed E-state index contributed by atoms with van der Waals surface area (Å²) >= 11 is 1.44. The molecule has 3 aromatic rings. The van der Waals surface area contributed by atoms with Gasteiger partial charge in [0, 0.05) is 31.7 Å². The van der Waals surface area contributed by atoms with E-state index < -0.39 is 10.0 Å². The Kier molecular flexibility index (Phi) is 10.3. The second kappa shape index (κ2) is 13.0. The van der Waals surface area contributed by atoms with E-state index >= 15 is 0 Å². The first-order chi connectivity index (χ1) is 17.3. The molecule has 2 heterocycles. The third-order valence-electron chi connectivity index (χ3n) is 6.21. The number of benzene rings is 2. The van der Waals surface area contributed by atoms with E-state index in [1.54, 1.807) is 33.5 Å². The summed E-state index contributed by atoms with van der Waals surface area (Å²) in [6.45, 7) is 4.72. The third kappa shape index (κ3) is 7.00. The van der Waals surface area contributed by atoms with Crippen LogP contribution < -0.4 is 9.64 Å². The van der Waals surface area contributed by atoms with E-state index in [1.807, 2.05) is 44.1 Å². The summed E-state index contributed by atoms with van der Waals surface area (Å²) in [6.07, 6.45) is 3.87. The van der Waals surface area contributed by atoms with Crippen molar-refractivity contribution in [3.05, 3.63) is 48.0 Å². The van der Waals surface area contributed by atoms with Crippen LogP contribution in [0.2, 0.25) is 0 Å². The molecule has 0 spiro atoms. The number of sulfonamides is 1. The molecule has 202 valence electrons. The minimum atomic E-state index is -3.57. The number of likely N-dealkylation sites (N-methyl/N-ethyl adjacent to an activating group) is 1. The van der Waals surface area contributed by atoms with Crippen LogP contribution in [0.5, 0.6) is 5.75 Å². The van der Waals surface area contributed by atoms with Gasteiger partial charge in [0.05, 0.1) is 21.7 Å². The predicted octanol–water partition coefficient (Wildman–Crippen LogP) is 4.89. The molecular formula is C26H35ClN4O4S2. The van der Waals surface area contributed by atoms with Crippen LogP contribution in [0.15, 0.2) is 47.4 Å². The van der Waals surface area contributed by atoms with Gasteiger partial charge in [-0.15, -0.1) is 12.4 Å². The Hall–Kier alpha value is -2.24. The van der Waals surface area contributed by atoms with E-state index in [0.29, 0.717) is 43.5 Å². The average Bonchev–Trinajstić information content (AvgIpc) is 3.07. The largest absolute Gasteiger partial charge is 0.494 e. The highest BCUT2D eigenvalue weighted by Gasteiger charge is 2.26. The van der Waals surface area contributed by atoms with Crippen molar-refractivity contribution in [1.29, 1.82) is 0 Å². The lowest BCUT2D eigenvalue weighted by Crippen LogP contribution is -2.36. The molecule has 1 saturated heterocycles. The first kappa shape index (κ1) is 29.3. The minimum absolute atomic E-state index is 0. The number of nitrogens with zero attached hydrogens (tertiary/aromatic N) is 4. The van der Waals surface area contributed by atoms with Gasteiger partial charge in [0.25, 0.3) is 5.91 Å². The summed E-state index contributed by atoms with van der Waals surface area (Å²) in [6, 6.07) is 12.0. The Morgan fingerprint density at radius 3 is 2.32 bits per heavy atom. The van der Waals surface area contributed by atoms with Crippen LogP contribution in [0.1, 0.15) is 43.0 Å². The number of hydrogen-bond donors (Lipinski definition) is 0. The van der Waals surface area contributed by atoms with Crippen molar-refractivity contribution in [3.63, 3.8) is 0 Å². The summed E-state index contributed by atoms with van der Waals surface area (Å²) in [4.78, 5) is 22.2. The van der Waals surface area contributed by atoms with E-state index in [2.05, 4.69) is 0 Å². The van der Waals surface area contributed by atoms with Gasteiger partial charge in [-0.1, -0.05) is 24.2 Å². The normalized spacial score (nSPS) is 14.8. The second-order valence-corrected chi connectivity index (χ2v) is 12.1. The minimum Gasteiger partial charge on any atom is -0.494 e. The zero-order valence-electron chi connectivity index (χ0n) is 21.6. The van der Waals surface area contributed by atoms with E-state index in [0.717, 1.165) is 41.6 Å². The molecule has 0 unspecified atom stereocenters. The maximum atomic E-state index is 13.6. The Bertz CT molecular complexity index is 1290. The highest BCUT2D eigenvalue weighted by atomic mass is 35.5. The number of amides is 1.